The van der Waals surface area contributed by atoms with Crippen molar-refractivity contribution >= 4 is 6.29 Å². The third-order valence-electron chi connectivity index (χ3n) is 1.43. The lowest BCUT2D eigenvalue weighted by Crippen LogP contribution is -2.16. The monoisotopic (exact) mass is 137 g/mol. The zero-order chi connectivity index (χ0) is 7.23. The topological polar surface area (TPSA) is 29.1 Å². The molecule has 0 atom stereocenters. The Balaban J connectivity index is 2.32. The first-order valence-corrected chi connectivity index (χ1v) is 3.46. The fraction of sp³-hybridized carbons (Fsp3) is 0.375. The van der Waals surface area contributed by atoms with Gasteiger partial charge in [-0.15, -0.1) is 0 Å². The van der Waals surface area contributed by atoms with Crippen molar-refractivity contribution in [1.29, 1.82) is 0 Å². The summed E-state index contributed by atoms with van der Waals surface area (Å²) in [5.41, 5.74) is 1.16. The van der Waals surface area contributed by atoms with Gasteiger partial charge >= 0.3 is 0 Å². The molecule has 0 aliphatic heterocycles. The summed E-state index contributed by atoms with van der Waals surface area (Å²) in [4.78, 5) is 9.94. The molecule has 2 heteroatoms. The van der Waals surface area contributed by atoms with Gasteiger partial charge in [0, 0.05) is 5.70 Å². The lowest BCUT2D eigenvalue weighted by atomic mass is 10.1. The van der Waals surface area contributed by atoms with Crippen molar-refractivity contribution in [2.45, 2.75) is 12.8 Å². The molecule has 0 heterocycles. The molecule has 0 saturated heterocycles. The van der Waals surface area contributed by atoms with E-state index in [0.29, 0.717) is 6.54 Å². The Morgan fingerprint density at radius 2 is 2.60 bits per heavy atom. The Morgan fingerprint density at radius 3 is 3.20 bits per heavy atom. The Kier molecular flexibility index (Phi) is 2.74. The number of rotatable bonds is 3. The summed E-state index contributed by atoms with van der Waals surface area (Å²) in [6.45, 7) is 0.430. The van der Waals surface area contributed by atoms with Crippen LogP contribution in [0.15, 0.2) is 23.9 Å². The first kappa shape index (κ1) is 7.06. The molecule has 0 spiro atoms. The minimum absolute atomic E-state index is 0.430. The molecule has 10 heavy (non-hydrogen) atoms. The summed E-state index contributed by atoms with van der Waals surface area (Å²) in [5, 5.41) is 3.01. The van der Waals surface area contributed by atoms with E-state index in [4.69, 9.17) is 0 Å². The molecule has 54 valence electrons. The fourth-order valence-corrected chi connectivity index (χ4v) is 0.923. The summed E-state index contributed by atoms with van der Waals surface area (Å²) in [6, 6.07) is 0. The number of carbonyl (C=O) groups excluding carboxylic acids is 1. The third-order valence-corrected chi connectivity index (χ3v) is 1.43. The predicted octanol–water partition coefficient (Wildman–Crippen LogP) is 1.01. The number of aldehydes is 1. The SMILES string of the molecule is O=CCNC1=CC=CCC1. The van der Waals surface area contributed by atoms with Crippen LogP contribution in [0, 0.1) is 0 Å². The highest BCUT2D eigenvalue weighted by molar-refractivity contribution is 5.52. The second-order valence-electron chi connectivity index (χ2n) is 2.21. The van der Waals surface area contributed by atoms with Crippen LogP contribution < -0.4 is 5.32 Å². The average Bonchev–Trinajstić information content (AvgIpc) is 2.03. The van der Waals surface area contributed by atoms with Crippen molar-refractivity contribution in [2.24, 2.45) is 0 Å². The Hall–Kier alpha value is -1.05. The van der Waals surface area contributed by atoms with Gasteiger partial charge in [0.15, 0.2) is 0 Å². The van der Waals surface area contributed by atoms with E-state index >= 15 is 0 Å². The summed E-state index contributed by atoms with van der Waals surface area (Å²) in [5.74, 6) is 0. The van der Waals surface area contributed by atoms with E-state index in [1.807, 2.05) is 12.2 Å². The van der Waals surface area contributed by atoms with E-state index in [2.05, 4.69) is 11.4 Å². The molecule has 1 aliphatic carbocycles. The van der Waals surface area contributed by atoms with Crippen LogP contribution >= 0.6 is 0 Å². The minimum Gasteiger partial charge on any atom is -0.382 e. The van der Waals surface area contributed by atoms with Crippen LogP contribution in [-0.2, 0) is 4.79 Å². The number of hydrogen-bond donors (Lipinski definition) is 1. The first-order valence-electron chi connectivity index (χ1n) is 3.46. The van der Waals surface area contributed by atoms with Crippen LogP contribution in [0.25, 0.3) is 0 Å². The Morgan fingerprint density at radius 1 is 1.70 bits per heavy atom. The number of nitrogens with one attached hydrogen (secondary N) is 1. The third kappa shape index (κ3) is 2.05. The van der Waals surface area contributed by atoms with Gasteiger partial charge in [0.1, 0.15) is 6.29 Å². The van der Waals surface area contributed by atoms with Crippen LogP contribution in [0.5, 0.6) is 0 Å². The van der Waals surface area contributed by atoms with Crippen molar-refractivity contribution in [3.8, 4) is 0 Å². The smallest absolute Gasteiger partial charge is 0.139 e. The van der Waals surface area contributed by atoms with Crippen LogP contribution in [-0.4, -0.2) is 12.8 Å². The zero-order valence-electron chi connectivity index (χ0n) is 5.84. The van der Waals surface area contributed by atoms with Gasteiger partial charge in [-0.3, -0.25) is 0 Å². The van der Waals surface area contributed by atoms with Crippen molar-refractivity contribution in [3.05, 3.63) is 23.9 Å². The van der Waals surface area contributed by atoms with Crippen LogP contribution in [0.1, 0.15) is 12.8 Å². The largest absolute Gasteiger partial charge is 0.382 e. The first-order chi connectivity index (χ1) is 4.93. The van der Waals surface area contributed by atoms with E-state index in [9.17, 15) is 4.79 Å². The van der Waals surface area contributed by atoms with Gasteiger partial charge in [-0.05, 0) is 18.9 Å². The maximum atomic E-state index is 9.94. The maximum Gasteiger partial charge on any atom is 0.139 e. The Labute approximate surface area is 60.6 Å². The molecule has 0 fully saturated rings. The molecular weight excluding hydrogens is 126 g/mol. The lowest BCUT2D eigenvalue weighted by molar-refractivity contribution is -0.107. The summed E-state index contributed by atoms with van der Waals surface area (Å²) in [7, 11) is 0. The van der Waals surface area contributed by atoms with E-state index in [1.165, 1.54) is 0 Å². The molecule has 1 aliphatic rings. The van der Waals surface area contributed by atoms with Crippen LogP contribution in [0.4, 0.5) is 0 Å². The molecule has 0 aromatic carbocycles. The van der Waals surface area contributed by atoms with E-state index in [-0.39, 0.29) is 0 Å². The highest BCUT2D eigenvalue weighted by Crippen LogP contribution is 2.07. The molecule has 0 saturated carbocycles. The summed E-state index contributed by atoms with van der Waals surface area (Å²) >= 11 is 0. The molecule has 0 unspecified atom stereocenters. The number of carbonyl (C=O) groups is 1. The van der Waals surface area contributed by atoms with Gasteiger partial charge in [-0.2, -0.15) is 0 Å². The van der Waals surface area contributed by atoms with E-state index < -0.39 is 0 Å². The molecule has 0 radical (unpaired) electrons. The average molecular weight is 137 g/mol. The predicted molar refractivity (Wildman–Crippen MR) is 40.5 cm³/mol. The van der Waals surface area contributed by atoms with Crippen LogP contribution in [0.2, 0.25) is 0 Å². The van der Waals surface area contributed by atoms with Crippen molar-refractivity contribution in [1.82, 2.24) is 5.32 Å². The van der Waals surface area contributed by atoms with Gasteiger partial charge in [0.05, 0.1) is 6.54 Å². The second-order valence-corrected chi connectivity index (χ2v) is 2.21. The van der Waals surface area contributed by atoms with E-state index in [0.717, 1.165) is 24.8 Å². The minimum atomic E-state index is 0.430. The zero-order valence-corrected chi connectivity index (χ0v) is 5.84. The molecule has 0 aromatic rings. The standard InChI is InChI=1S/C8H11NO/c10-7-6-9-8-4-2-1-3-5-8/h1-2,4,7,9H,3,5-6H2. The quantitative estimate of drug-likeness (QED) is 0.588. The highest BCUT2D eigenvalue weighted by atomic mass is 16.1. The number of allylic oxidation sites excluding steroid dienone is 4. The molecule has 1 rings (SSSR count). The highest BCUT2D eigenvalue weighted by Gasteiger charge is 1.95. The summed E-state index contributed by atoms with van der Waals surface area (Å²) in [6.07, 6.45) is 9.12. The maximum absolute atomic E-state index is 9.94. The van der Waals surface area contributed by atoms with Gasteiger partial charge in [0.25, 0.3) is 0 Å². The fourth-order valence-electron chi connectivity index (χ4n) is 0.923. The van der Waals surface area contributed by atoms with Crippen molar-refractivity contribution in [2.75, 3.05) is 6.54 Å². The van der Waals surface area contributed by atoms with Gasteiger partial charge < -0.3 is 10.1 Å². The second kappa shape index (κ2) is 3.88. The van der Waals surface area contributed by atoms with Crippen LogP contribution in [0.3, 0.4) is 0 Å². The molecule has 0 amide bonds. The van der Waals surface area contributed by atoms with Gasteiger partial charge in [-0.1, -0.05) is 12.2 Å². The summed E-state index contributed by atoms with van der Waals surface area (Å²) < 4.78 is 0. The molecule has 2 nitrogen and oxygen atoms in total. The van der Waals surface area contributed by atoms with Gasteiger partial charge in [0.2, 0.25) is 0 Å². The number of hydrogen-bond acceptors (Lipinski definition) is 2. The molecule has 0 aromatic heterocycles. The Bertz CT molecular complexity index is 170. The molecule has 0 bridgehead atoms. The normalized spacial score (nSPS) is 16.2. The molecular formula is C8H11NO. The molecule has 1 N–H and O–H groups in total. The van der Waals surface area contributed by atoms with Gasteiger partial charge in [-0.25, -0.2) is 0 Å². The van der Waals surface area contributed by atoms with E-state index in [1.54, 1.807) is 0 Å². The lowest BCUT2D eigenvalue weighted by Gasteiger charge is -2.08. The van der Waals surface area contributed by atoms with Crippen molar-refractivity contribution in [3.63, 3.8) is 0 Å². The van der Waals surface area contributed by atoms with Crippen molar-refractivity contribution < 1.29 is 4.79 Å².